The van der Waals surface area contributed by atoms with Crippen molar-refractivity contribution in [2.24, 2.45) is 4.99 Å². The van der Waals surface area contributed by atoms with Crippen molar-refractivity contribution in [2.45, 2.75) is 18.9 Å². The molecule has 2 heterocycles. The number of hydrogen-bond donors (Lipinski definition) is 1. The molecule has 0 spiro atoms. The maximum atomic E-state index is 12.0. The Morgan fingerprint density at radius 3 is 2.57 bits per heavy atom. The van der Waals surface area contributed by atoms with Crippen molar-refractivity contribution in [3.05, 3.63) is 89.9 Å². The molecule has 2 aliphatic carbocycles. The molecule has 6 rings (SSSR count). The SMILES string of the molecule is COC(=O)c1ccc(-n2c3c/c(=N\C4CC4)c(Nc4cccnc4OC)cc-3nc3ccccc32)cc1. The maximum absolute atomic E-state index is 12.0. The molecule has 3 aliphatic rings. The largest absolute Gasteiger partial charge is 0.480 e. The molecule has 8 nitrogen and oxygen atoms in total. The summed E-state index contributed by atoms with van der Waals surface area (Å²) in [4.78, 5) is 26.3. The third kappa shape index (κ3) is 4.38. The van der Waals surface area contributed by atoms with Crippen LogP contribution in [0.3, 0.4) is 0 Å². The quantitative estimate of drug-likeness (QED) is 0.262. The first-order valence-corrected chi connectivity index (χ1v) is 12.1. The lowest BCUT2D eigenvalue weighted by Gasteiger charge is -2.20. The van der Waals surface area contributed by atoms with Gasteiger partial charge >= 0.3 is 5.97 Å². The highest BCUT2D eigenvalue weighted by atomic mass is 16.5. The Balaban J connectivity index is 1.59. The van der Waals surface area contributed by atoms with Gasteiger partial charge in [-0.25, -0.2) is 14.8 Å². The number of hydrogen-bond acceptors (Lipinski definition) is 7. The van der Waals surface area contributed by atoms with Gasteiger partial charge in [0.25, 0.3) is 0 Å². The molecule has 184 valence electrons. The summed E-state index contributed by atoms with van der Waals surface area (Å²) in [7, 11) is 2.98. The topological polar surface area (TPSA) is 90.6 Å². The van der Waals surface area contributed by atoms with E-state index in [1.807, 2.05) is 54.6 Å². The van der Waals surface area contributed by atoms with E-state index >= 15 is 0 Å². The van der Waals surface area contributed by atoms with Gasteiger partial charge in [-0.2, -0.15) is 0 Å². The molecule has 0 unspecified atom stereocenters. The second-order valence-electron chi connectivity index (χ2n) is 8.88. The molecule has 1 saturated carbocycles. The summed E-state index contributed by atoms with van der Waals surface area (Å²) in [5.41, 5.74) is 6.50. The zero-order chi connectivity index (χ0) is 25.4. The monoisotopic (exact) mass is 491 g/mol. The van der Waals surface area contributed by atoms with Crippen LogP contribution in [0.5, 0.6) is 5.88 Å². The molecule has 37 heavy (non-hydrogen) atoms. The molecule has 0 atom stereocenters. The molecule has 2 aromatic carbocycles. The number of para-hydroxylation sites is 2. The first-order chi connectivity index (χ1) is 18.1. The van der Waals surface area contributed by atoms with E-state index in [0.717, 1.165) is 57.7 Å². The van der Waals surface area contributed by atoms with Crippen LogP contribution in [-0.2, 0) is 4.74 Å². The standard InChI is InChI=1S/C29H25N5O3/c1-36-28-22(7-5-15-30-28)33-23-16-25-27(17-24(23)31-19-11-12-19)34(26-8-4-3-6-21(26)32-25)20-13-9-18(10-14-20)29(35)37-2/h3-10,13-17,19,33H,11-12H2,1-2H3/b31-24+. The normalized spacial score (nSPS) is 13.6. The van der Waals surface area contributed by atoms with Crippen molar-refractivity contribution in [3.8, 4) is 23.0 Å². The van der Waals surface area contributed by atoms with Crippen LogP contribution in [0, 0.1) is 0 Å². The molecule has 0 radical (unpaired) electrons. The highest BCUT2D eigenvalue weighted by molar-refractivity contribution is 5.90. The van der Waals surface area contributed by atoms with Gasteiger partial charge in [0, 0.05) is 11.9 Å². The Bertz CT molecular complexity index is 1660. The molecule has 3 aromatic rings. The average Bonchev–Trinajstić information content (AvgIpc) is 3.76. The van der Waals surface area contributed by atoms with Gasteiger partial charge in [-0.1, -0.05) is 12.1 Å². The number of aromatic nitrogens is 3. The van der Waals surface area contributed by atoms with Gasteiger partial charge in [0.2, 0.25) is 5.88 Å². The lowest BCUT2D eigenvalue weighted by Crippen LogP contribution is -2.16. The summed E-state index contributed by atoms with van der Waals surface area (Å²) >= 11 is 0. The van der Waals surface area contributed by atoms with Crippen LogP contribution >= 0.6 is 0 Å². The summed E-state index contributed by atoms with van der Waals surface area (Å²) < 4.78 is 12.5. The van der Waals surface area contributed by atoms with Gasteiger partial charge in [0.05, 0.1) is 59.3 Å². The number of methoxy groups -OCH3 is 2. The van der Waals surface area contributed by atoms with E-state index in [1.165, 1.54) is 7.11 Å². The van der Waals surface area contributed by atoms with Gasteiger partial charge < -0.3 is 19.4 Å². The minimum absolute atomic E-state index is 0.315. The highest BCUT2D eigenvalue weighted by Crippen LogP contribution is 2.32. The second-order valence-corrected chi connectivity index (χ2v) is 8.88. The zero-order valence-corrected chi connectivity index (χ0v) is 20.5. The first kappa shape index (κ1) is 22.7. The Labute approximate surface area is 213 Å². The fraction of sp³-hybridized carbons (Fsp3) is 0.172. The molecular formula is C29H25N5O3. The van der Waals surface area contributed by atoms with E-state index in [2.05, 4.69) is 20.9 Å². The van der Waals surface area contributed by atoms with E-state index in [-0.39, 0.29) is 5.97 Å². The van der Waals surface area contributed by atoms with E-state index < -0.39 is 0 Å². The van der Waals surface area contributed by atoms with Crippen molar-refractivity contribution in [3.63, 3.8) is 0 Å². The van der Waals surface area contributed by atoms with E-state index in [1.54, 1.807) is 25.4 Å². The number of anilines is 2. The van der Waals surface area contributed by atoms with Crippen molar-refractivity contribution in [1.82, 2.24) is 14.5 Å². The third-order valence-electron chi connectivity index (χ3n) is 6.35. The van der Waals surface area contributed by atoms with Gasteiger partial charge in [0.1, 0.15) is 5.69 Å². The minimum atomic E-state index is -0.368. The summed E-state index contributed by atoms with van der Waals surface area (Å²) in [5.74, 6) is 0.139. The van der Waals surface area contributed by atoms with E-state index in [9.17, 15) is 4.79 Å². The van der Waals surface area contributed by atoms with Crippen molar-refractivity contribution < 1.29 is 14.3 Å². The van der Waals surface area contributed by atoms with Gasteiger partial charge in [-0.3, -0.25) is 4.99 Å². The number of nitrogens with one attached hydrogen (secondary N) is 1. The summed E-state index contributed by atoms with van der Waals surface area (Å²) in [5, 5.41) is 4.31. The Morgan fingerprint density at radius 1 is 1.00 bits per heavy atom. The van der Waals surface area contributed by atoms with Crippen LogP contribution in [0.15, 0.2) is 84.0 Å². The van der Waals surface area contributed by atoms with Gasteiger partial charge in [-0.15, -0.1) is 0 Å². The number of benzene rings is 3. The molecule has 1 aromatic heterocycles. The number of pyridine rings is 1. The number of esters is 1. The summed E-state index contributed by atoms with van der Waals surface area (Å²) in [6, 6.07) is 23.6. The first-order valence-electron chi connectivity index (χ1n) is 12.1. The average molecular weight is 492 g/mol. The minimum Gasteiger partial charge on any atom is -0.480 e. The highest BCUT2D eigenvalue weighted by Gasteiger charge is 2.22. The summed E-state index contributed by atoms with van der Waals surface area (Å²) in [6.07, 6.45) is 3.86. The fourth-order valence-corrected chi connectivity index (χ4v) is 4.39. The molecule has 0 amide bonds. The predicted molar refractivity (Wildman–Crippen MR) is 142 cm³/mol. The van der Waals surface area contributed by atoms with Crippen molar-refractivity contribution in [2.75, 3.05) is 19.5 Å². The Kier molecular flexibility index (Phi) is 5.76. The number of fused-ring (bicyclic) bond motifs is 2. The molecular weight excluding hydrogens is 466 g/mol. The molecule has 1 aliphatic heterocycles. The second kappa shape index (κ2) is 9.39. The number of ether oxygens (including phenoxy) is 2. The van der Waals surface area contributed by atoms with Crippen molar-refractivity contribution >= 4 is 28.4 Å². The van der Waals surface area contributed by atoms with Crippen LogP contribution in [0.4, 0.5) is 11.4 Å². The van der Waals surface area contributed by atoms with Crippen LogP contribution in [-0.4, -0.2) is 40.8 Å². The molecule has 0 bridgehead atoms. The Hall–Kier alpha value is -4.72. The number of carbonyl (C=O) groups excluding carboxylic acids is 1. The Morgan fingerprint density at radius 2 is 1.81 bits per heavy atom. The number of nitrogens with zero attached hydrogens (tertiary/aromatic N) is 4. The third-order valence-corrected chi connectivity index (χ3v) is 6.35. The van der Waals surface area contributed by atoms with Crippen molar-refractivity contribution in [1.29, 1.82) is 0 Å². The zero-order valence-electron chi connectivity index (χ0n) is 20.5. The number of carbonyl (C=O) groups is 1. The van der Waals surface area contributed by atoms with E-state index in [0.29, 0.717) is 17.5 Å². The van der Waals surface area contributed by atoms with Gasteiger partial charge in [0.15, 0.2) is 0 Å². The smallest absolute Gasteiger partial charge is 0.337 e. The number of rotatable bonds is 6. The van der Waals surface area contributed by atoms with E-state index in [4.69, 9.17) is 19.5 Å². The fourth-order valence-electron chi connectivity index (χ4n) is 4.39. The lowest BCUT2D eigenvalue weighted by molar-refractivity contribution is 0.0600. The molecule has 1 N–H and O–H groups in total. The van der Waals surface area contributed by atoms with Crippen LogP contribution in [0.2, 0.25) is 0 Å². The summed E-state index contributed by atoms with van der Waals surface area (Å²) in [6.45, 7) is 0. The van der Waals surface area contributed by atoms with Crippen LogP contribution < -0.4 is 15.4 Å². The molecule has 1 fully saturated rings. The maximum Gasteiger partial charge on any atom is 0.337 e. The van der Waals surface area contributed by atoms with Gasteiger partial charge in [-0.05, 0) is 73.5 Å². The molecule has 0 saturated heterocycles. The van der Waals surface area contributed by atoms with Crippen LogP contribution in [0.1, 0.15) is 23.2 Å². The molecule has 8 heteroatoms. The lowest BCUT2D eigenvalue weighted by atomic mass is 10.1. The predicted octanol–water partition coefficient (Wildman–Crippen LogP) is 5.13. The van der Waals surface area contributed by atoms with Crippen LogP contribution in [0.25, 0.3) is 28.1 Å².